The average Bonchev–Trinajstić information content (AvgIpc) is 2.68. The highest BCUT2D eigenvalue weighted by molar-refractivity contribution is 7.13. The molecule has 1 aromatic heterocycles. The van der Waals surface area contributed by atoms with Crippen LogP contribution in [-0.2, 0) is 0 Å². The molecule has 0 unspecified atom stereocenters. The Bertz CT molecular complexity index is 356. The van der Waals surface area contributed by atoms with Crippen LogP contribution in [0.3, 0.4) is 0 Å². The fourth-order valence-electron chi connectivity index (χ4n) is 1.71. The molecule has 1 saturated heterocycles. The van der Waals surface area contributed by atoms with Crippen LogP contribution in [-0.4, -0.2) is 29.1 Å². The molecule has 1 N–H and O–H groups in total. The van der Waals surface area contributed by atoms with Crippen LogP contribution in [0.4, 0.5) is 5.13 Å². The van der Waals surface area contributed by atoms with Gasteiger partial charge < -0.3 is 10.0 Å². The van der Waals surface area contributed by atoms with E-state index in [1.165, 1.54) is 24.2 Å². The number of rotatable bonds is 2. The number of piperidine rings is 1. The molecule has 1 aliphatic rings. The average molecular weight is 226 g/mol. The molecule has 4 nitrogen and oxygen atoms in total. The van der Waals surface area contributed by atoms with Gasteiger partial charge in [-0.25, -0.2) is 9.78 Å². The molecule has 2 rings (SSSR count). The van der Waals surface area contributed by atoms with E-state index in [-0.39, 0.29) is 5.69 Å². The number of aromatic carboxylic acids is 1. The maximum atomic E-state index is 10.7. The van der Waals surface area contributed by atoms with E-state index in [1.807, 2.05) is 0 Å². The summed E-state index contributed by atoms with van der Waals surface area (Å²) in [5, 5.41) is 11.2. The largest absolute Gasteiger partial charge is 0.476 e. The van der Waals surface area contributed by atoms with Crippen molar-refractivity contribution >= 4 is 22.4 Å². The van der Waals surface area contributed by atoms with E-state index in [0.29, 0.717) is 0 Å². The van der Waals surface area contributed by atoms with Gasteiger partial charge in [-0.3, -0.25) is 0 Å². The highest BCUT2D eigenvalue weighted by Gasteiger charge is 2.19. The summed E-state index contributed by atoms with van der Waals surface area (Å²) in [5.41, 5.74) is 0.161. The van der Waals surface area contributed by atoms with E-state index >= 15 is 0 Å². The molecular formula is C10H14N2O2S. The topological polar surface area (TPSA) is 53.4 Å². The molecule has 0 spiro atoms. The number of hydrogen-bond acceptors (Lipinski definition) is 4. The third-order valence-corrected chi connectivity index (χ3v) is 3.67. The zero-order valence-corrected chi connectivity index (χ0v) is 9.46. The molecule has 82 valence electrons. The van der Waals surface area contributed by atoms with Crippen molar-refractivity contribution in [3.63, 3.8) is 0 Å². The maximum absolute atomic E-state index is 10.7. The van der Waals surface area contributed by atoms with Gasteiger partial charge in [-0.15, -0.1) is 11.3 Å². The van der Waals surface area contributed by atoms with Gasteiger partial charge in [-0.2, -0.15) is 0 Å². The number of aromatic nitrogens is 1. The number of nitrogens with zero attached hydrogens (tertiary/aromatic N) is 2. The van der Waals surface area contributed by atoms with E-state index < -0.39 is 5.97 Å². The smallest absolute Gasteiger partial charge is 0.355 e. The van der Waals surface area contributed by atoms with Gasteiger partial charge >= 0.3 is 5.97 Å². The van der Waals surface area contributed by atoms with Gasteiger partial charge in [0.05, 0.1) is 0 Å². The van der Waals surface area contributed by atoms with Crippen molar-refractivity contribution in [2.45, 2.75) is 19.8 Å². The van der Waals surface area contributed by atoms with Crippen LogP contribution < -0.4 is 4.90 Å². The first-order valence-corrected chi connectivity index (χ1v) is 5.98. The molecule has 0 aromatic carbocycles. The summed E-state index contributed by atoms with van der Waals surface area (Å²) in [4.78, 5) is 17.0. The Kier molecular flexibility index (Phi) is 2.90. The first-order chi connectivity index (χ1) is 7.16. The molecule has 1 aliphatic heterocycles. The van der Waals surface area contributed by atoms with Gasteiger partial charge in [0, 0.05) is 18.5 Å². The molecule has 0 saturated carbocycles. The Morgan fingerprint density at radius 3 is 2.80 bits per heavy atom. The lowest BCUT2D eigenvalue weighted by Crippen LogP contribution is -2.32. The first kappa shape index (κ1) is 10.4. The predicted molar refractivity (Wildman–Crippen MR) is 59.7 cm³/mol. The number of carboxylic acid groups (broad SMARTS) is 1. The summed E-state index contributed by atoms with van der Waals surface area (Å²) in [6.45, 7) is 4.24. The van der Waals surface area contributed by atoms with Crippen LogP contribution in [0.2, 0.25) is 0 Å². The third-order valence-electron chi connectivity index (χ3n) is 2.77. The van der Waals surface area contributed by atoms with Crippen molar-refractivity contribution in [2.24, 2.45) is 5.92 Å². The number of anilines is 1. The Labute approximate surface area is 92.6 Å². The number of thiazole rings is 1. The van der Waals surface area contributed by atoms with Crippen LogP contribution in [0.1, 0.15) is 30.3 Å². The van der Waals surface area contributed by atoms with E-state index in [2.05, 4.69) is 16.8 Å². The lowest BCUT2D eigenvalue weighted by atomic mass is 10.00. The standard InChI is InChI=1S/C10H14N2O2S/c1-7-2-4-12(5-3-7)10-11-8(6-15-10)9(13)14/h6-7H,2-5H2,1H3,(H,13,14). The first-order valence-electron chi connectivity index (χ1n) is 5.10. The minimum atomic E-state index is -0.942. The summed E-state index contributed by atoms with van der Waals surface area (Å²) in [6.07, 6.45) is 2.34. The molecule has 0 bridgehead atoms. The highest BCUT2D eigenvalue weighted by Crippen LogP contribution is 2.25. The molecular weight excluding hydrogens is 212 g/mol. The minimum Gasteiger partial charge on any atom is -0.476 e. The van der Waals surface area contributed by atoms with Crippen LogP contribution in [0.25, 0.3) is 0 Å². The van der Waals surface area contributed by atoms with E-state index in [0.717, 1.165) is 24.1 Å². The summed E-state index contributed by atoms with van der Waals surface area (Å²) in [5.74, 6) is -0.164. The van der Waals surface area contributed by atoms with Crippen LogP contribution in [0.15, 0.2) is 5.38 Å². The molecule has 2 heterocycles. The van der Waals surface area contributed by atoms with Crippen molar-refractivity contribution in [3.8, 4) is 0 Å². The zero-order valence-electron chi connectivity index (χ0n) is 8.64. The SMILES string of the molecule is CC1CCN(c2nc(C(=O)O)cs2)CC1. The second kappa shape index (κ2) is 4.18. The fourth-order valence-corrected chi connectivity index (χ4v) is 2.56. The Balaban J connectivity index is 2.06. The van der Waals surface area contributed by atoms with Crippen molar-refractivity contribution in [1.82, 2.24) is 4.98 Å². The predicted octanol–water partition coefficient (Wildman–Crippen LogP) is 2.08. The molecule has 5 heteroatoms. The van der Waals surface area contributed by atoms with Gasteiger partial charge in [-0.1, -0.05) is 6.92 Å². The van der Waals surface area contributed by atoms with Gasteiger partial charge in [0.2, 0.25) is 0 Å². The lowest BCUT2D eigenvalue weighted by molar-refractivity contribution is 0.0691. The number of carbonyl (C=O) groups is 1. The Hall–Kier alpha value is -1.10. The van der Waals surface area contributed by atoms with Crippen LogP contribution in [0, 0.1) is 5.92 Å². The van der Waals surface area contributed by atoms with E-state index in [1.54, 1.807) is 5.38 Å². The summed E-state index contributed by atoms with van der Waals surface area (Å²) in [6, 6.07) is 0. The fraction of sp³-hybridized carbons (Fsp3) is 0.600. The molecule has 1 aromatic rings. The second-order valence-corrected chi connectivity index (χ2v) is 4.83. The van der Waals surface area contributed by atoms with Crippen molar-refractivity contribution in [1.29, 1.82) is 0 Å². The normalized spacial score (nSPS) is 18.1. The molecule has 0 aliphatic carbocycles. The quantitative estimate of drug-likeness (QED) is 0.838. The van der Waals surface area contributed by atoms with Gasteiger partial charge in [0.1, 0.15) is 0 Å². The second-order valence-electron chi connectivity index (χ2n) is 3.99. The lowest BCUT2D eigenvalue weighted by Gasteiger charge is -2.29. The van der Waals surface area contributed by atoms with Gasteiger partial charge in [0.25, 0.3) is 0 Å². The number of hydrogen-bond donors (Lipinski definition) is 1. The zero-order chi connectivity index (χ0) is 10.8. The highest BCUT2D eigenvalue weighted by atomic mass is 32.1. The summed E-state index contributed by atoms with van der Waals surface area (Å²) in [7, 11) is 0. The molecule has 0 radical (unpaired) electrons. The Morgan fingerprint density at radius 2 is 2.27 bits per heavy atom. The van der Waals surface area contributed by atoms with E-state index in [9.17, 15) is 4.79 Å². The monoisotopic (exact) mass is 226 g/mol. The van der Waals surface area contributed by atoms with Crippen LogP contribution in [0.5, 0.6) is 0 Å². The van der Waals surface area contributed by atoms with Crippen molar-refractivity contribution in [3.05, 3.63) is 11.1 Å². The minimum absolute atomic E-state index is 0.161. The summed E-state index contributed by atoms with van der Waals surface area (Å²) >= 11 is 1.42. The van der Waals surface area contributed by atoms with Gasteiger partial charge in [0.15, 0.2) is 10.8 Å². The van der Waals surface area contributed by atoms with Gasteiger partial charge in [-0.05, 0) is 18.8 Å². The third kappa shape index (κ3) is 2.28. The Morgan fingerprint density at radius 1 is 1.60 bits per heavy atom. The van der Waals surface area contributed by atoms with Crippen LogP contribution >= 0.6 is 11.3 Å². The maximum Gasteiger partial charge on any atom is 0.355 e. The molecule has 15 heavy (non-hydrogen) atoms. The molecule has 0 amide bonds. The molecule has 0 atom stereocenters. The van der Waals surface area contributed by atoms with Crippen molar-refractivity contribution in [2.75, 3.05) is 18.0 Å². The molecule has 1 fully saturated rings. The van der Waals surface area contributed by atoms with E-state index in [4.69, 9.17) is 5.11 Å². The van der Waals surface area contributed by atoms with Crippen molar-refractivity contribution < 1.29 is 9.90 Å². The number of carboxylic acids is 1. The summed E-state index contributed by atoms with van der Waals surface area (Å²) < 4.78 is 0.